The van der Waals surface area contributed by atoms with Crippen LogP contribution in [0.15, 0.2) is 28.7 Å². The summed E-state index contributed by atoms with van der Waals surface area (Å²) in [5.41, 5.74) is 0.305. The molecule has 1 aromatic carbocycles. The van der Waals surface area contributed by atoms with Crippen molar-refractivity contribution in [3.63, 3.8) is 0 Å². The average Bonchev–Trinajstić information content (AvgIpc) is 2.88. The SMILES string of the molecule is CCNCCc1nnc(-c2ccccc2[N+](=O)[O-])o1. The van der Waals surface area contributed by atoms with E-state index in [2.05, 4.69) is 15.5 Å². The van der Waals surface area contributed by atoms with Crippen LogP contribution in [0.2, 0.25) is 0 Å². The molecule has 0 bridgehead atoms. The van der Waals surface area contributed by atoms with Gasteiger partial charge in [-0.15, -0.1) is 10.2 Å². The zero-order valence-corrected chi connectivity index (χ0v) is 10.5. The summed E-state index contributed by atoms with van der Waals surface area (Å²) in [6.07, 6.45) is 0.599. The van der Waals surface area contributed by atoms with Crippen molar-refractivity contribution in [1.29, 1.82) is 0 Å². The molecule has 2 rings (SSSR count). The molecule has 0 aliphatic carbocycles. The van der Waals surface area contributed by atoms with Gasteiger partial charge in [0.25, 0.3) is 11.6 Å². The van der Waals surface area contributed by atoms with E-state index >= 15 is 0 Å². The van der Waals surface area contributed by atoms with Crippen molar-refractivity contribution >= 4 is 5.69 Å². The zero-order chi connectivity index (χ0) is 13.7. The molecule has 7 nitrogen and oxygen atoms in total. The van der Waals surface area contributed by atoms with Crippen LogP contribution in [0.1, 0.15) is 12.8 Å². The van der Waals surface area contributed by atoms with Crippen LogP contribution in [0.4, 0.5) is 5.69 Å². The molecule has 0 spiro atoms. The highest BCUT2D eigenvalue weighted by Gasteiger charge is 2.19. The summed E-state index contributed by atoms with van der Waals surface area (Å²) in [6, 6.07) is 6.31. The van der Waals surface area contributed by atoms with Crippen LogP contribution >= 0.6 is 0 Å². The molecule has 0 amide bonds. The van der Waals surface area contributed by atoms with Crippen LogP contribution in [0.5, 0.6) is 0 Å². The molecule has 0 saturated heterocycles. The fourth-order valence-corrected chi connectivity index (χ4v) is 1.65. The molecule has 0 atom stereocenters. The fourth-order valence-electron chi connectivity index (χ4n) is 1.65. The van der Waals surface area contributed by atoms with Crippen LogP contribution in [0, 0.1) is 10.1 Å². The molecule has 0 aliphatic rings. The second-order valence-electron chi connectivity index (χ2n) is 3.88. The van der Waals surface area contributed by atoms with Crippen LogP contribution in [-0.2, 0) is 6.42 Å². The second-order valence-corrected chi connectivity index (χ2v) is 3.88. The fraction of sp³-hybridized carbons (Fsp3) is 0.333. The highest BCUT2D eigenvalue weighted by atomic mass is 16.6. The molecule has 1 heterocycles. The van der Waals surface area contributed by atoms with Gasteiger partial charge in [0.05, 0.1) is 4.92 Å². The largest absolute Gasteiger partial charge is 0.420 e. The van der Waals surface area contributed by atoms with Gasteiger partial charge in [0.1, 0.15) is 5.56 Å². The number of para-hydroxylation sites is 1. The summed E-state index contributed by atoms with van der Waals surface area (Å²) >= 11 is 0. The smallest absolute Gasteiger partial charge is 0.282 e. The summed E-state index contributed by atoms with van der Waals surface area (Å²) in [5, 5.41) is 21.8. The highest BCUT2D eigenvalue weighted by Crippen LogP contribution is 2.28. The first-order valence-corrected chi connectivity index (χ1v) is 5.99. The van der Waals surface area contributed by atoms with Gasteiger partial charge in [-0.3, -0.25) is 10.1 Å². The third kappa shape index (κ3) is 3.14. The summed E-state index contributed by atoms with van der Waals surface area (Å²) in [6.45, 7) is 3.60. The Labute approximate surface area is 109 Å². The van der Waals surface area contributed by atoms with E-state index in [0.717, 1.165) is 13.1 Å². The molecule has 0 aliphatic heterocycles. The summed E-state index contributed by atoms with van der Waals surface area (Å²) in [4.78, 5) is 10.5. The third-order valence-corrected chi connectivity index (χ3v) is 2.56. The van der Waals surface area contributed by atoms with Crippen molar-refractivity contribution < 1.29 is 9.34 Å². The molecule has 7 heteroatoms. The molecular weight excluding hydrogens is 248 g/mol. The number of nitrogens with zero attached hydrogens (tertiary/aromatic N) is 3. The van der Waals surface area contributed by atoms with Crippen molar-refractivity contribution in [2.24, 2.45) is 0 Å². The van der Waals surface area contributed by atoms with Gasteiger partial charge in [0, 0.05) is 19.0 Å². The molecule has 1 aromatic heterocycles. The van der Waals surface area contributed by atoms with Gasteiger partial charge in [-0.05, 0) is 12.6 Å². The normalized spacial score (nSPS) is 10.6. The Bertz CT molecular complexity index is 568. The van der Waals surface area contributed by atoms with Crippen LogP contribution in [0.25, 0.3) is 11.5 Å². The second kappa shape index (κ2) is 6.05. The van der Waals surface area contributed by atoms with Crippen LogP contribution in [0.3, 0.4) is 0 Å². The third-order valence-electron chi connectivity index (χ3n) is 2.56. The Hall–Kier alpha value is -2.28. The molecular formula is C12H14N4O3. The monoisotopic (exact) mass is 262 g/mol. The molecule has 0 fully saturated rings. The number of rotatable bonds is 6. The number of hydrogen-bond donors (Lipinski definition) is 1. The number of benzene rings is 1. The summed E-state index contributed by atoms with van der Waals surface area (Å²) < 4.78 is 5.44. The molecule has 2 aromatic rings. The van der Waals surface area contributed by atoms with E-state index in [1.165, 1.54) is 6.07 Å². The Morgan fingerprint density at radius 3 is 2.89 bits per heavy atom. The zero-order valence-electron chi connectivity index (χ0n) is 10.5. The lowest BCUT2D eigenvalue weighted by molar-refractivity contribution is -0.384. The number of aromatic nitrogens is 2. The first-order chi connectivity index (χ1) is 9.22. The first kappa shape index (κ1) is 13.2. The topological polar surface area (TPSA) is 94.1 Å². The molecule has 0 unspecified atom stereocenters. The molecule has 100 valence electrons. The molecule has 0 saturated carbocycles. The van der Waals surface area contributed by atoms with Gasteiger partial charge in [-0.25, -0.2) is 0 Å². The van der Waals surface area contributed by atoms with E-state index in [1.807, 2.05) is 6.92 Å². The van der Waals surface area contributed by atoms with E-state index in [-0.39, 0.29) is 11.6 Å². The van der Waals surface area contributed by atoms with Gasteiger partial charge >= 0.3 is 0 Å². The van der Waals surface area contributed by atoms with Crippen molar-refractivity contribution in [2.75, 3.05) is 13.1 Å². The maximum Gasteiger partial charge on any atom is 0.282 e. The van der Waals surface area contributed by atoms with Crippen LogP contribution in [-0.4, -0.2) is 28.2 Å². The molecule has 1 N–H and O–H groups in total. The predicted molar refractivity (Wildman–Crippen MR) is 68.6 cm³/mol. The minimum atomic E-state index is -0.460. The number of nitro benzene ring substituents is 1. The molecule has 19 heavy (non-hydrogen) atoms. The van der Waals surface area contributed by atoms with Gasteiger partial charge in [-0.1, -0.05) is 19.1 Å². The highest BCUT2D eigenvalue weighted by molar-refractivity contribution is 5.66. The van der Waals surface area contributed by atoms with Gasteiger partial charge < -0.3 is 9.73 Å². The minimum absolute atomic E-state index is 0.0376. The van der Waals surface area contributed by atoms with Crippen molar-refractivity contribution in [1.82, 2.24) is 15.5 Å². The van der Waals surface area contributed by atoms with Gasteiger partial charge in [-0.2, -0.15) is 0 Å². The Balaban J connectivity index is 2.21. The number of hydrogen-bond acceptors (Lipinski definition) is 6. The Morgan fingerprint density at radius 2 is 2.16 bits per heavy atom. The van der Waals surface area contributed by atoms with Crippen molar-refractivity contribution in [2.45, 2.75) is 13.3 Å². The van der Waals surface area contributed by atoms with E-state index in [9.17, 15) is 10.1 Å². The maximum absolute atomic E-state index is 10.9. The Morgan fingerprint density at radius 1 is 1.37 bits per heavy atom. The van der Waals surface area contributed by atoms with E-state index < -0.39 is 4.92 Å². The van der Waals surface area contributed by atoms with E-state index in [0.29, 0.717) is 17.9 Å². The van der Waals surface area contributed by atoms with E-state index in [1.54, 1.807) is 18.2 Å². The lowest BCUT2D eigenvalue weighted by Crippen LogP contribution is -2.16. The summed E-state index contributed by atoms with van der Waals surface area (Å²) in [5.74, 6) is 0.646. The van der Waals surface area contributed by atoms with Gasteiger partial charge in [0.15, 0.2) is 0 Å². The van der Waals surface area contributed by atoms with Crippen molar-refractivity contribution in [3.05, 3.63) is 40.3 Å². The maximum atomic E-state index is 10.9. The number of nitrogens with one attached hydrogen (secondary N) is 1. The summed E-state index contributed by atoms with van der Waals surface area (Å²) in [7, 11) is 0. The quantitative estimate of drug-likeness (QED) is 0.484. The first-order valence-electron chi connectivity index (χ1n) is 5.99. The predicted octanol–water partition coefficient (Wildman–Crippen LogP) is 1.80. The minimum Gasteiger partial charge on any atom is -0.420 e. The van der Waals surface area contributed by atoms with Crippen molar-refractivity contribution in [3.8, 4) is 11.5 Å². The van der Waals surface area contributed by atoms with Gasteiger partial charge in [0.2, 0.25) is 5.89 Å². The average molecular weight is 262 g/mol. The van der Waals surface area contributed by atoms with E-state index in [4.69, 9.17) is 4.42 Å². The molecule has 0 radical (unpaired) electrons. The lowest BCUT2D eigenvalue weighted by atomic mass is 10.2. The Kier molecular flexibility index (Phi) is 4.19. The van der Waals surface area contributed by atoms with Crippen LogP contribution < -0.4 is 5.32 Å². The lowest BCUT2D eigenvalue weighted by Gasteiger charge is -1.97. The number of nitro groups is 1. The number of likely N-dealkylation sites (N-methyl/N-ethyl adjacent to an activating group) is 1. The standard InChI is InChI=1S/C12H14N4O3/c1-2-13-8-7-11-14-15-12(19-11)9-5-3-4-6-10(9)16(17)18/h3-6,13H,2,7-8H2,1H3.